The van der Waals surface area contributed by atoms with Crippen molar-refractivity contribution in [3.63, 3.8) is 0 Å². The van der Waals surface area contributed by atoms with E-state index in [1.54, 1.807) is 0 Å². The van der Waals surface area contributed by atoms with E-state index in [1.165, 1.54) is 174 Å². The standard InChI is InChI=1S/C38H68I2O2/c1-3-5-7-9-11-13-15-17-19-21-23-25-27-29-31-41-35-33-36(39)38(37(40)34-35)42-32-30-28-26-24-22-20-18-16-14-12-10-8-6-4-2/h33-34H,3-32H2,1-2H3. The van der Waals surface area contributed by atoms with Crippen LogP contribution in [0.2, 0.25) is 0 Å². The van der Waals surface area contributed by atoms with Gasteiger partial charge < -0.3 is 9.47 Å². The SMILES string of the molecule is CCCCCCCCCCCCCCCCOc1cc(I)c(OCCCCCCCCCCCCCCCC)c(I)c1. The quantitative estimate of drug-likeness (QED) is 0.0533. The summed E-state index contributed by atoms with van der Waals surface area (Å²) in [5.74, 6) is 2.03. The van der Waals surface area contributed by atoms with E-state index in [4.69, 9.17) is 9.47 Å². The molecule has 0 aliphatic heterocycles. The van der Waals surface area contributed by atoms with Crippen molar-refractivity contribution in [2.24, 2.45) is 0 Å². The van der Waals surface area contributed by atoms with Gasteiger partial charge in [0, 0.05) is 0 Å². The lowest BCUT2D eigenvalue weighted by molar-refractivity contribution is 0.292. The Kier molecular flexibility index (Phi) is 30.0. The number of ether oxygens (including phenoxy) is 2. The molecule has 0 spiro atoms. The lowest BCUT2D eigenvalue weighted by Crippen LogP contribution is -2.03. The summed E-state index contributed by atoms with van der Waals surface area (Å²) in [5, 5.41) is 0. The second kappa shape index (κ2) is 31.3. The van der Waals surface area contributed by atoms with Crippen molar-refractivity contribution in [1.29, 1.82) is 0 Å². The third kappa shape index (κ3) is 24.6. The molecule has 0 aliphatic rings. The minimum absolute atomic E-state index is 0.823. The summed E-state index contributed by atoms with van der Waals surface area (Å²) >= 11 is 4.81. The molecule has 0 saturated carbocycles. The van der Waals surface area contributed by atoms with Gasteiger partial charge in [0.2, 0.25) is 0 Å². The molecule has 4 heteroatoms. The Morgan fingerprint density at radius 2 is 0.643 bits per heavy atom. The monoisotopic (exact) mass is 810 g/mol. The van der Waals surface area contributed by atoms with E-state index in [0.717, 1.165) is 37.6 Å². The van der Waals surface area contributed by atoms with E-state index in [2.05, 4.69) is 71.2 Å². The lowest BCUT2D eigenvalue weighted by atomic mass is 10.0. The third-order valence-corrected chi connectivity index (χ3v) is 10.1. The second-order valence-corrected chi connectivity index (χ2v) is 14.9. The van der Waals surface area contributed by atoms with Crippen molar-refractivity contribution in [3.8, 4) is 11.5 Å². The summed E-state index contributed by atoms with van der Waals surface area (Å²) < 4.78 is 14.6. The molecule has 0 N–H and O–H groups in total. The van der Waals surface area contributed by atoms with Crippen LogP contribution in [0.15, 0.2) is 12.1 Å². The maximum atomic E-state index is 6.19. The fourth-order valence-corrected chi connectivity index (χ4v) is 7.74. The van der Waals surface area contributed by atoms with Gasteiger partial charge in [0.1, 0.15) is 11.5 Å². The van der Waals surface area contributed by atoms with E-state index < -0.39 is 0 Å². The maximum Gasteiger partial charge on any atom is 0.146 e. The van der Waals surface area contributed by atoms with E-state index in [9.17, 15) is 0 Å². The van der Waals surface area contributed by atoms with Gasteiger partial charge in [0.15, 0.2) is 0 Å². The van der Waals surface area contributed by atoms with E-state index in [1.807, 2.05) is 0 Å². The summed E-state index contributed by atoms with van der Waals surface area (Å²) in [4.78, 5) is 0. The molecule has 0 radical (unpaired) electrons. The highest BCUT2D eigenvalue weighted by Crippen LogP contribution is 2.32. The second-order valence-electron chi connectivity index (χ2n) is 12.6. The molecule has 0 unspecified atom stereocenters. The zero-order valence-electron chi connectivity index (χ0n) is 27.9. The van der Waals surface area contributed by atoms with Crippen molar-refractivity contribution in [2.45, 2.75) is 194 Å². The molecule has 1 aromatic carbocycles. The first-order chi connectivity index (χ1) is 20.7. The van der Waals surface area contributed by atoms with E-state index in [0.29, 0.717) is 0 Å². The molecule has 42 heavy (non-hydrogen) atoms. The predicted molar refractivity (Wildman–Crippen MR) is 203 cm³/mol. The molecule has 2 nitrogen and oxygen atoms in total. The first-order valence-corrected chi connectivity index (χ1v) is 20.6. The Morgan fingerprint density at radius 1 is 0.381 bits per heavy atom. The first-order valence-electron chi connectivity index (χ1n) is 18.4. The average Bonchev–Trinajstić information content (AvgIpc) is 2.98. The molecule has 246 valence electrons. The highest BCUT2D eigenvalue weighted by molar-refractivity contribution is 14.1. The van der Waals surface area contributed by atoms with Crippen LogP contribution in [-0.2, 0) is 0 Å². The van der Waals surface area contributed by atoms with Crippen LogP contribution < -0.4 is 9.47 Å². The van der Waals surface area contributed by atoms with Gasteiger partial charge in [-0.1, -0.05) is 181 Å². The molecule has 0 aromatic heterocycles. The lowest BCUT2D eigenvalue weighted by Gasteiger charge is -2.13. The smallest absolute Gasteiger partial charge is 0.146 e. The summed E-state index contributed by atoms with van der Waals surface area (Å²) in [5.41, 5.74) is 0. The molecule has 0 saturated heterocycles. The molecular formula is C38H68I2O2. The first kappa shape index (κ1) is 40.3. The highest BCUT2D eigenvalue weighted by Gasteiger charge is 2.10. The van der Waals surface area contributed by atoms with Crippen LogP contribution in [0.1, 0.15) is 194 Å². The summed E-state index contributed by atoms with van der Waals surface area (Å²) in [6.07, 6.45) is 38.9. The van der Waals surface area contributed by atoms with Crippen molar-refractivity contribution in [2.75, 3.05) is 13.2 Å². The van der Waals surface area contributed by atoms with Gasteiger partial charge >= 0.3 is 0 Å². The zero-order valence-corrected chi connectivity index (χ0v) is 32.3. The van der Waals surface area contributed by atoms with Crippen molar-refractivity contribution < 1.29 is 9.47 Å². The number of unbranched alkanes of at least 4 members (excludes halogenated alkanes) is 26. The van der Waals surface area contributed by atoms with Gasteiger partial charge in [-0.05, 0) is 70.2 Å². The van der Waals surface area contributed by atoms with Crippen molar-refractivity contribution >= 4 is 45.2 Å². The van der Waals surface area contributed by atoms with Crippen LogP contribution in [-0.4, -0.2) is 13.2 Å². The van der Waals surface area contributed by atoms with Crippen LogP contribution in [0, 0.1) is 7.14 Å². The van der Waals surface area contributed by atoms with Gasteiger partial charge in [-0.3, -0.25) is 0 Å². The topological polar surface area (TPSA) is 18.5 Å². The highest BCUT2D eigenvalue weighted by atomic mass is 127. The number of hydrogen-bond donors (Lipinski definition) is 0. The normalized spacial score (nSPS) is 11.3. The summed E-state index contributed by atoms with van der Waals surface area (Å²) in [6.45, 7) is 6.24. The number of hydrogen-bond acceptors (Lipinski definition) is 2. The van der Waals surface area contributed by atoms with E-state index in [-0.39, 0.29) is 0 Å². The van der Waals surface area contributed by atoms with Crippen LogP contribution in [0.3, 0.4) is 0 Å². The van der Waals surface area contributed by atoms with Crippen LogP contribution in [0.25, 0.3) is 0 Å². The molecule has 0 atom stereocenters. The molecule has 1 rings (SSSR count). The Morgan fingerprint density at radius 3 is 0.952 bits per heavy atom. The van der Waals surface area contributed by atoms with Gasteiger partial charge in [0.05, 0.1) is 20.4 Å². The Balaban J connectivity index is 1.96. The fourth-order valence-electron chi connectivity index (χ4n) is 5.72. The third-order valence-electron chi connectivity index (χ3n) is 8.48. The van der Waals surface area contributed by atoms with Gasteiger partial charge in [-0.2, -0.15) is 0 Å². The zero-order chi connectivity index (χ0) is 30.4. The van der Waals surface area contributed by atoms with Crippen LogP contribution >= 0.6 is 45.2 Å². The van der Waals surface area contributed by atoms with Gasteiger partial charge in [0.25, 0.3) is 0 Å². The van der Waals surface area contributed by atoms with Crippen molar-refractivity contribution in [3.05, 3.63) is 19.3 Å². The maximum absolute atomic E-state index is 6.19. The average molecular weight is 811 g/mol. The van der Waals surface area contributed by atoms with Crippen LogP contribution in [0.4, 0.5) is 0 Å². The summed E-state index contributed by atoms with van der Waals surface area (Å²) in [6, 6.07) is 4.29. The van der Waals surface area contributed by atoms with Crippen LogP contribution in [0.5, 0.6) is 11.5 Å². The largest absolute Gasteiger partial charge is 0.494 e. The molecular weight excluding hydrogens is 742 g/mol. The van der Waals surface area contributed by atoms with E-state index >= 15 is 0 Å². The Hall–Kier alpha value is 0.280. The fraction of sp³-hybridized carbons (Fsp3) is 0.842. The van der Waals surface area contributed by atoms with Crippen molar-refractivity contribution in [1.82, 2.24) is 0 Å². The molecule has 0 fully saturated rings. The molecule has 0 heterocycles. The number of halogens is 2. The minimum Gasteiger partial charge on any atom is -0.494 e. The Labute approximate surface area is 290 Å². The summed E-state index contributed by atoms with van der Waals surface area (Å²) in [7, 11) is 0. The molecule has 1 aromatic rings. The molecule has 0 aliphatic carbocycles. The number of rotatable bonds is 32. The minimum atomic E-state index is 0.823. The molecule has 0 amide bonds. The Bertz CT molecular complexity index is 685. The van der Waals surface area contributed by atoms with Gasteiger partial charge in [-0.25, -0.2) is 0 Å². The van der Waals surface area contributed by atoms with Gasteiger partial charge in [-0.15, -0.1) is 0 Å². The molecule has 0 bridgehead atoms. The number of benzene rings is 1. The predicted octanol–water partition coefficient (Wildman–Crippen LogP) is 14.6.